The number of hydrogen-bond donors (Lipinski definition) is 2. The number of benzene rings is 2. The Kier molecular flexibility index (Phi) is 6.20. The third-order valence-electron chi connectivity index (χ3n) is 3.00. The van der Waals surface area contributed by atoms with Gasteiger partial charge in [-0.05, 0) is 30.3 Å². The fraction of sp³-hybridized carbons (Fsp3) is 0.188. The number of methoxy groups -OCH3 is 1. The Morgan fingerprint density at radius 3 is 2.79 bits per heavy atom. The van der Waals surface area contributed by atoms with Gasteiger partial charge in [0.25, 0.3) is 0 Å². The Morgan fingerprint density at radius 1 is 1.29 bits per heavy atom. The molecule has 0 aliphatic carbocycles. The first kappa shape index (κ1) is 17.8. The molecule has 24 heavy (non-hydrogen) atoms. The summed E-state index contributed by atoms with van der Waals surface area (Å²) in [5.41, 5.74) is 6.90. The number of ether oxygens (including phenoxy) is 2. The van der Waals surface area contributed by atoms with Gasteiger partial charge in [0.2, 0.25) is 0 Å². The number of nitrogens with zero attached hydrogens (tertiary/aromatic N) is 1. The summed E-state index contributed by atoms with van der Waals surface area (Å²) in [4.78, 5) is 4.11. The van der Waals surface area contributed by atoms with Gasteiger partial charge in [0, 0.05) is 22.3 Å². The fourth-order valence-electron chi connectivity index (χ4n) is 1.94. The minimum absolute atomic E-state index is 0.00679. The van der Waals surface area contributed by atoms with Crippen LogP contribution in [0.2, 0.25) is 5.02 Å². The van der Waals surface area contributed by atoms with Crippen LogP contribution in [0.5, 0.6) is 11.5 Å². The predicted molar refractivity (Wildman–Crippen MR) is 90.0 cm³/mol. The maximum atomic E-state index is 12.4. The number of halogens is 3. The van der Waals surface area contributed by atoms with Crippen molar-refractivity contribution in [1.29, 1.82) is 0 Å². The monoisotopic (exact) mass is 355 g/mol. The second kappa shape index (κ2) is 8.35. The van der Waals surface area contributed by atoms with Crippen molar-refractivity contribution in [2.75, 3.05) is 12.4 Å². The molecule has 0 saturated carbocycles. The van der Waals surface area contributed by atoms with Gasteiger partial charge >= 0.3 is 6.61 Å². The molecule has 0 saturated heterocycles. The molecular weight excluding hydrogens is 340 g/mol. The predicted octanol–water partition coefficient (Wildman–Crippen LogP) is 3.88. The van der Waals surface area contributed by atoms with Crippen molar-refractivity contribution < 1.29 is 18.3 Å². The average molecular weight is 356 g/mol. The minimum atomic E-state index is -2.93. The SMILES string of the molecule is COc1cccc(NC(N)=NCc2cc(Cl)ccc2OC(F)F)c1. The summed E-state index contributed by atoms with van der Waals surface area (Å²) < 4.78 is 34.4. The highest BCUT2D eigenvalue weighted by Gasteiger charge is 2.10. The van der Waals surface area contributed by atoms with Crippen LogP contribution in [0, 0.1) is 0 Å². The number of aliphatic imine (C=N–C) groups is 1. The fourth-order valence-corrected chi connectivity index (χ4v) is 2.14. The summed E-state index contributed by atoms with van der Waals surface area (Å²) in [7, 11) is 1.56. The first-order chi connectivity index (χ1) is 11.5. The third-order valence-corrected chi connectivity index (χ3v) is 3.24. The zero-order valence-corrected chi connectivity index (χ0v) is 13.6. The highest BCUT2D eigenvalue weighted by molar-refractivity contribution is 6.30. The number of hydrogen-bond acceptors (Lipinski definition) is 3. The van der Waals surface area contributed by atoms with E-state index in [-0.39, 0.29) is 18.3 Å². The van der Waals surface area contributed by atoms with E-state index in [4.69, 9.17) is 22.1 Å². The van der Waals surface area contributed by atoms with E-state index in [1.807, 2.05) is 0 Å². The lowest BCUT2D eigenvalue weighted by Gasteiger charge is -2.11. The minimum Gasteiger partial charge on any atom is -0.497 e. The molecule has 0 spiro atoms. The highest BCUT2D eigenvalue weighted by atomic mass is 35.5. The van der Waals surface area contributed by atoms with Gasteiger partial charge in [-0.3, -0.25) is 0 Å². The Bertz CT molecular complexity index is 726. The third kappa shape index (κ3) is 5.27. The standard InChI is InChI=1S/C16H16ClF2N3O2/c1-23-13-4-2-3-12(8-13)22-16(20)21-9-10-7-11(17)5-6-14(10)24-15(18)19/h2-8,15H,9H2,1H3,(H3,20,21,22). The smallest absolute Gasteiger partial charge is 0.387 e. The van der Waals surface area contributed by atoms with Crippen LogP contribution in [-0.2, 0) is 6.54 Å². The van der Waals surface area contributed by atoms with Crippen LogP contribution in [0.15, 0.2) is 47.5 Å². The van der Waals surface area contributed by atoms with E-state index < -0.39 is 6.61 Å². The van der Waals surface area contributed by atoms with Crippen LogP contribution >= 0.6 is 11.6 Å². The second-order valence-electron chi connectivity index (χ2n) is 4.69. The molecule has 0 atom stereocenters. The van der Waals surface area contributed by atoms with Crippen LogP contribution in [0.25, 0.3) is 0 Å². The molecule has 0 amide bonds. The van der Waals surface area contributed by atoms with E-state index in [0.717, 1.165) is 0 Å². The van der Waals surface area contributed by atoms with Gasteiger partial charge < -0.3 is 20.5 Å². The summed E-state index contributed by atoms with van der Waals surface area (Å²) in [5.74, 6) is 0.786. The van der Waals surface area contributed by atoms with E-state index in [0.29, 0.717) is 22.0 Å². The molecule has 2 aromatic rings. The van der Waals surface area contributed by atoms with E-state index in [1.165, 1.54) is 18.2 Å². The van der Waals surface area contributed by atoms with Gasteiger partial charge in [0.1, 0.15) is 11.5 Å². The molecule has 2 aromatic carbocycles. The molecule has 5 nitrogen and oxygen atoms in total. The Balaban J connectivity index is 2.10. The molecule has 0 aliphatic rings. The normalized spacial score (nSPS) is 11.5. The van der Waals surface area contributed by atoms with E-state index in [2.05, 4.69) is 15.0 Å². The summed E-state index contributed by atoms with van der Waals surface area (Å²) in [6, 6.07) is 11.4. The Hall–Kier alpha value is -2.54. The van der Waals surface area contributed by atoms with Gasteiger partial charge in [-0.25, -0.2) is 4.99 Å². The van der Waals surface area contributed by atoms with Crippen molar-refractivity contribution in [3.63, 3.8) is 0 Å². The first-order valence-electron chi connectivity index (χ1n) is 6.92. The molecule has 2 rings (SSSR count). The Morgan fingerprint density at radius 2 is 2.08 bits per heavy atom. The van der Waals surface area contributed by atoms with Gasteiger partial charge in [-0.2, -0.15) is 8.78 Å². The number of nitrogens with one attached hydrogen (secondary N) is 1. The first-order valence-corrected chi connectivity index (χ1v) is 7.30. The number of guanidine groups is 1. The number of anilines is 1. The van der Waals surface area contributed by atoms with Crippen molar-refractivity contribution in [1.82, 2.24) is 0 Å². The van der Waals surface area contributed by atoms with Gasteiger partial charge in [0.15, 0.2) is 5.96 Å². The molecule has 128 valence electrons. The van der Waals surface area contributed by atoms with Crippen molar-refractivity contribution in [3.8, 4) is 11.5 Å². The van der Waals surface area contributed by atoms with Gasteiger partial charge in [-0.15, -0.1) is 0 Å². The number of rotatable bonds is 6. The molecule has 0 radical (unpaired) electrons. The quantitative estimate of drug-likeness (QED) is 0.609. The largest absolute Gasteiger partial charge is 0.497 e. The molecule has 0 unspecified atom stereocenters. The highest BCUT2D eigenvalue weighted by Crippen LogP contribution is 2.25. The number of nitrogens with two attached hydrogens (primary N) is 1. The van der Waals surface area contributed by atoms with Crippen LogP contribution in [0.3, 0.4) is 0 Å². The summed E-state index contributed by atoms with van der Waals surface area (Å²) in [6.45, 7) is -2.90. The summed E-state index contributed by atoms with van der Waals surface area (Å²) in [6.07, 6.45) is 0. The lowest BCUT2D eigenvalue weighted by atomic mass is 10.2. The molecule has 0 bridgehead atoms. The van der Waals surface area contributed by atoms with Crippen molar-refractivity contribution in [3.05, 3.63) is 53.1 Å². The topological polar surface area (TPSA) is 68.9 Å². The van der Waals surface area contributed by atoms with Crippen molar-refractivity contribution in [2.24, 2.45) is 10.7 Å². The van der Waals surface area contributed by atoms with E-state index in [9.17, 15) is 8.78 Å². The molecule has 0 heterocycles. The second-order valence-corrected chi connectivity index (χ2v) is 5.13. The van der Waals surface area contributed by atoms with Crippen LogP contribution < -0.4 is 20.5 Å². The average Bonchev–Trinajstić information content (AvgIpc) is 2.55. The van der Waals surface area contributed by atoms with Crippen molar-refractivity contribution in [2.45, 2.75) is 13.2 Å². The zero-order chi connectivity index (χ0) is 17.5. The van der Waals surface area contributed by atoms with Gasteiger partial charge in [0.05, 0.1) is 13.7 Å². The molecular formula is C16H16ClF2N3O2. The number of alkyl halides is 2. The van der Waals surface area contributed by atoms with Crippen LogP contribution in [-0.4, -0.2) is 19.7 Å². The summed E-state index contributed by atoms with van der Waals surface area (Å²) in [5, 5.41) is 3.28. The maximum absolute atomic E-state index is 12.4. The lowest BCUT2D eigenvalue weighted by Crippen LogP contribution is -2.22. The molecule has 0 aliphatic heterocycles. The molecule has 0 aromatic heterocycles. The van der Waals surface area contributed by atoms with Gasteiger partial charge in [-0.1, -0.05) is 17.7 Å². The van der Waals surface area contributed by atoms with Crippen LogP contribution in [0.4, 0.5) is 14.5 Å². The lowest BCUT2D eigenvalue weighted by molar-refractivity contribution is -0.0504. The van der Waals surface area contributed by atoms with E-state index in [1.54, 1.807) is 31.4 Å². The molecule has 8 heteroatoms. The Labute approximate surface area is 143 Å². The molecule has 0 fully saturated rings. The maximum Gasteiger partial charge on any atom is 0.387 e. The zero-order valence-electron chi connectivity index (χ0n) is 12.8. The summed E-state index contributed by atoms with van der Waals surface area (Å²) >= 11 is 5.88. The van der Waals surface area contributed by atoms with Crippen molar-refractivity contribution >= 4 is 23.2 Å². The molecule has 3 N–H and O–H groups in total. The van der Waals surface area contributed by atoms with E-state index >= 15 is 0 Å². The van der Waals surface area contributed by atoms with Crippen LogP contribution in [0.1, 0.15) is 5.56 Å².